The zero-order chi connectivity index (χ0) is 21.8. The van der Waals surface area contributed by atoms with Crippen molar-refractivity contribution in [1.29, 1.82) is 0 Å². The maximum absolute atomic E-state index is 13.2. The fourth-order valence-electron chi connectivity index (χ4n) is 5.77. The number of nitrogens with one attached hydrogen (secondary N) is 2. The van der Waals surface area contributed by atoms with E-state index in [0.29, 0.717) is 28.6 Å². The Labute approximate surface area is 201 Å². The fourth-order valence-corrected chi connectivity index (χ4v) is 6.88. The van der Waals surface area contributed by atoms with Crippen LogP contribution >= 0.6 is 23.7 Å². The molecule has 3 atom stereocenters. The van der Waals surface area contributed by atoms with Crippen molar-refractivity contribution in [2.75, 3.05) is 13.7 Å². The lowest BCUT2D eigenvalue weighted by molar-refractivity contribution is 0.358. The molecule has 8 heteroatoms. The minimum absolute atomic E-state index is 0. The quantitative estimate of drug-likeness (QED) is 0.459. The van der Waals surface area contributed by atoms with Crippen LogP contribution in [0.25, 0.3) is 20.3 Å². The Morgan fingerprint density at radius 2 is 2.00 bits per heavy atom. The molecule has 0 spiro atoms. The Balaban J connectivity index is 0.00000228. The first-order valence-electron chi connectivity index (χ1n) is 11.2. The number of hydrogen-bond donors (Lipinski definition) is 2. The van der Waals surface area contributed by atoms with E-state index in [1.807, 2.05) is 30.3 Å². The summed E-state index contributed by atoms with van der Waals surface area (Å²) in [6, 6.07) is 14.3. The zero-order valence-corrected chi connectivity index (χ0v) is 19.9. The molecule has 1 unspecified atom stereocenters. The zero-order valence-electron chi connectivity index (χ0n) is 18.3. The highest BCUT2D eigenvalue weighted by atomic mass is 35.5. The van der Waals surface area contributed by atoms with E-state index >= 15 is 0 Å². The average Bonchev–Trinajstić information content (AvgIpc) is 3.40. The highest BCUT2D eigenvalue weighted by Crippen LogP contribution is 2.46. The van der Waals surface area contributed by atoms with Crippen LogP contribution in [0.2, 0.25) is 0 Å². The van der Waals surface area contributed by atoms with Gasteiger partial charge in [-0.2, -0.15) is 0 Å². The van der Waals surface area contributed by atoms with Gasteiger partial charge in [0.05, 0.1) is 12.6 Å². The van der Waals surface area contributed by atoms with Crippen molar-refractivity contribution < 1.29 is 4.74 Å². The highest BCUT2D eigenvalue weighted by molar-refractivity contribution is 7.25. The van der Waals surface area contributed by atoms with E-state index < -0.39 is 0 Å². The standard InChI is InChI=1S/C25H25N3O3S.ClH/c1-31-18-7-4-5-14-9-10-15-13-26-17(20(15)21(14)18)11-12-28-24(29)23-22(27-25(28)30)16-6-2-3-8-19(16)32-23;/h2-8,15,17,20,26H,9-13H2,1H3,(H,27,30);1H/t15-,17?,20-;/m1./s1. The topological polar surface area (TPSA) is 76.1 Å². The van der Waals surface area contributed by atoms with E-state index in [-0.39, 0.29) is 29.7 Å². The van der Waals surface area contributed by atoms with Gasteiger partial charge in [-0.05, 0) is 49.4 Å². The van der Waals surface area contributed by atoms with Crippen LogP contribution in [0.15, 0.2) is 52.1 Å². The number of aromatic nitrogens is 2. The summed E-state index contributed by atoms with van der Waals surface area (Å²) in [5, 5.41) is 4.61. The third-order valence-electron chi connectivity index (χ3n) is 7.25. The Morgan fingerprint density at radius 1 is 1.15 bits per heavy atom. The molecule has 1 aliphatic heterocycles. The normalized spacial score (nSPS) is 21.5. The van der Waals surface area contributed by atoms with Crippen molar-refractivity contribution >= 4 is 44.0 Å². The second kappa shape index (κ2) is 8.63. The van der Waals surface area contributed by atoms with Gasteiger partial charge in [-0.25, -0.2) is 4.79 Å². The first kappa shape index (κ1) is 22.2. The van der Waals surface area contributed by atoms with Gasteiger partial charge < -0.3 is 15.0 Å². The number of methoxy groups -OCH3 is 1. The van der Waals surface area contributed by atoms with E-state index in [1.54, 1.807) is 7.11 Å². The lowest BCUT2D eigenvalue weighted by Gasteiger charge is -2.32. The van der Waals surface area contributed by atoms with Crippen molar-refractivity contribution in [2.45, 2.75) is 37.8 Å². The number of benzene rings is 2. The van der Waals surface area contributed by atoms with E-state index in [4.69, 9.17) is 4.74 Å². The number of aromatic amines is 1. The Morgan fingerprint density at radius 3 is 2.85 bits per heavy atom. The van der Waals surface area contributed by atoms with Crippen molar-refractivity contribution in [2.24, 2.45) is 5.92 Å². The molecule has 6 nitrogen and oxygen atoms in total. The van der Waals surface area contributed by atoms with Gasteiger partial charge in [0.2, 0.25) is 0 Å². The van der Waals surface area contributed by atoms with Gasteiger partial charge in [0.25, 0.3) is 5.56 Å². The van der Waals surface area contributed by atoms with Gasteiger partial charge in [-0.3, -0.25) is 9.36 Å². The van der Waals surface area contributed by atoms with E-state index in [9.17, 15) is 9.59 Å². The number of thiophene rings is 1. The largest absolute Gasteiger partial charge is 0.496 e. The van der Waals surface area contributed by atoms with Crippen LogP contribution in [0.4, 0.5) is 0 Å². The molecule has 2 aliphatic rings. The molecule has 0 radical (unpaired) electrons. The van der Waals surface area contributed by atoms with Crippen molar-refractivity contribution in [3.8, 4) is 5.75 Å². The molecule has 172 valence electrons. The number of nitrogens with zero attached hydrogens (tertiary/aromatic N) is 1. The van der Waals surface area contributed by atoms with E-state index in [0.717, 1.165) is 41.6 Å². The van der Waals surface area contributed by atoms with Crippen molar-refractivity contribution in [3.05, 3.63) is 74.4 Å². The van der Waals surface area contributed by atoms with Gasteiger partial charge in [-0.15, -0.1) is 23.7 Å². The second-order valence-electron chi connectivity index (χ2n) is 8.85. The van der Waals surface area contributed by atoms with Crippen LogP contribution in [0, 0.1) is 5.92 Å². The van der Waals surface area contributed by atoms with Crippen LogP contribution in [0.5, 0.6) is 5.75 Å². The van der Waals surface area contributed by atoms with Crippen LogP contribution in [-0.4, -0.2) is 29.2 Å². The summed E-state index contributed by atoms with van der Waals surface area (Å²) in [5.41, 5.74) is 2.80. The number of halogens is 1. The van der Waals surface area contributed by atoms with Crippen LogP contribution in [-0.2, 0) is 13.0 Å². The molecule has 0 bridgehead atoms. The van der Waals surface area contributed by atoms with Gasteiger partial charge >= 0.3 is 5.69 Å². The number of H-pyrrole nitrogens is 1. The lowest BCUT2D eigenvalue weighted by atomic mass is 9.73. The predicted molar refractivity (Wildman–Crippen MR) is 135 cm³/mol. The molecular weight excluding hydrogens is 458 g/mol. The molecule has 2 N–H and O–H groups in total. The summed E-state index contributed by atoms with van der Waals surface area (Å²) in [5.74, 6) is 1.86. The minimum atomic E-state index is -0.331. The molecule has 2 aromatic heterocycles. The predicted octanol–water partition coefficient (Wildman–Crippen LogP) is 4.04. The first-order valence-corrected chi connectivity index (χ1v) is 12.0. The van der Waals surface area contributed by atoms with Gasteiger partial charge in [0.1, 0.15) is 10.4 Å². The Hall–Kier alpha value is -2.61. The molecule has 1 aliphatic carbocycles. The van der Waals surface area contributed by atoms with Crippen LogP contribution in [0.3, 0.4) is 0 Å². The molecular formula is C25H26ClN3O3S. The summed E-state index contributed by atoms with van der Waals surface area (Å²) >= 11 is 1.45. The smallest absolute Gasteiger partial charge is 0.328 e. The summed E-state index contributed by atoms with van der Waals surface area (Å²) in [4.78, 5) is 29.0. The summed E-state index contributed by atoms with van der Waals surface area (Å²) in [6.07, 6.45) is 2.95. The number of ether oxygens (including phenoxy) is 1. The summed E-state index contributed by atoms with van der Waals surface area (Å²) in [7, 11) is 1.73. The third kappa shape index (κ3) is 3.50. The van der Waals surface area contributed by atoms with E-state index in [2.05, 4.69) is 22.4 Å². The second-order valence-corrected chi connectivity index (χ2v) is 9.90. The Kier molecular flexibility index (Phi) is 5.80. The molecule has 1 fully saturated rings. The lowest BCUT2D eigenvalue weighted by Crippen LogP contribution is -2.37. The number of rotatable bonds is 4. The molecule has 6 rings (SSSR count). The number of aryl methyl sites for hydroxylation is 1. The molecule has 0 amide bonds. The third-order valence-corrected chi connectivity index (χ3v) is 8.41. The maximum atomic E-state index is 13.2. The van der Waals surface area contributed by atoms with Gasteiger partial charge in [-0.1, -0.05) is 30.3 Å². The van der Waals surface area contributed by atoms with Crippen LogP contribution < -0.4 is 21.3 Å². The van der Waals surface area contributed by atoms with E-state index in [1.165, 1.54) is 27.0 Å². The molecule has 0 saturated carbocycles. The van der Waals surface area contributed by atoms with Crippen molar-refractivity contribution in [1.82, 2.24) is 14.9 Å². The molecule has 3 heterocycles. The van der Waals surface area contributed by atoms with Crippen molar-refractivity contribution in [3.63, 3.8) is 0 Å². The SMILES string of the molecule is COc1cccc2c1[C@H]1C(CCn3c(=O)[nH]c4c(sc5ccccc54)c3=O)NC[C@H]1CC2.Cl. The van der Waals surface area contributed by atoms with Gasteiger partial charge in [0, 0.05) is 34.2 Å². The summed E-state index contributed by atoms with van der Waals surface area (Å²) in [6.45, 7) is 1.36. The minimum Gasteiger partial charge on any atom is -0.496 e. The molecule has 2 aromatic carbocycles. The first-order chi connectivity index (χ1) is 15.7. The average molecular weight is 484 g/mol. The molecule has 33 heavy (non-hydrogen) atoms. The monoisotopic (exact) mass is 483 g/mol. The number of hydrogen-bond acceptors (Lipinski definition) is 5. The maximum Gasteiger partial charge on any atom is 0.328 e. The molecule has 4 aromatic rings. The van der Waals surface area contributed by atoms with Gasteiger partial charge in [0.15, 0.2) is 0 Å². The summed E-state index contributed by atoms with van der Waals surface area (Å²) < 4.78 is 8.72. The highest BCUT2D eigenvalue weighted by Gasteiger charge is 2.41. The molecule has 1 saturated heterocycles. The number of fused-ring (bicyclic) bond motifs is 6. The Bertz CT molecular complexity index is 1440. The van der Waals surface area contributed by atoms with Crippen LogP contribution in [0.1, 0.15) is 29.9 Å². The fraction of sp³-hybridized carbons (Fsp3) is 0.360.